The second-order valence-electron chi connectivity index (χ2n) is 3.56. The van der Waals surface area contributed by atoms with Crippen LogP contribution in [0, 0.1) is 0 Å². The van der Waals surface area contributed by atoms with Crippen LogP contribution in [-0.2, 0) is 0 Å². The lowest BCUT2D eigenvalue weighted by Crippen LogP contribution is -2.07. The fourth-order valence-electron chi connectivity index (χ4n) is 1.44. The van der Waals surface area contributed by atoms with Gasteiger partial charge in [0.1, 0.15) is 0 Å². The van der Waals surface area contributed by atoms with Crippen LogP contribution in [0.15, 0.2) is 40.1 Å². The Balaban J connectivity index is 2.39. The van der Waals surface area contributed by atoms with Gasteiger partial charge >= 0.3 is 0 Å². The molecule has 0 aromatic heterocycles. The number of hydrazine groups is 1. The number of halogens is 4. The summed E-state index contributed by atoms with van der Waals surface area (Å²) in [5.41, 5.74) is 2.94. The van der Waals surface area contributed by atoms with Crippen molar-refractivity contribution in [2.45, 2.75) is 9.79 Å². The van der Waals surface area contributed by atoms with E-state index in [1.165, 1.54) is 11.8 Å². The first-order valence-electron chi connectivity index (χ1n) is 5.10. The van der Waals surface area contributed by atoms with Crippen LogP contribution in [0.25, 0.3) is 0 Å². The van der Waals surface area contributed by atoms with E-state index in [0.717, 1.165) is 9.79 Å². The molecular weight excluding hydrogens is 346 g/mol. The Kier molecular flexibility index (Phi) is 5.12. The summed E-state index contributed by atoms with van der Waals surface area (Å²) in [5.74, 6) is 5.33. The minimum Gasteiger partial charge on any atom is -0.321 e. The summed E-state index contributed by atoms with van der Waals surface area (Å²) in [5, 5.41) is 2.01. The van der Waals surface area contributed by atoms with Gasteiger partial charge in [-0.25, -0.2) is 0 Å². The summed E-state index contributed by atoms with van der Waals surface area (Å²) >= 11 is 25.8. The van der Waals surface area contributed by atoms with E-state index in [9.17, 15) is 0 Å². The molecule has 100 valence electrons. The average Bonchev–Trinajstić information content (AvgIpc) is 2.34. The zero-order chi connectivity index (χ0) is 14.0. The van der Waals surface area contributed by atoms with Crippen LogP contribution >= 0.6 is 58.2 Å². The van der Waals surface area contributed by atoms with E-state index >= 15 is 0 Å². The second-order valence-corrected chi connectivity index (χ2v) is 6.27. The molecule has 19 heavy (non-hydrogen) atoms. The molecule has 0 aliphatic rings. The Morgan fingerprint density at radius 2 is 1.42 bits per heavy atom. The third-order valence-corrected chi connectivity index (χ3v) is 4.86. The fraction of sp³-hybridized carbons (Fsp3) is 0. The molecule has 0 aliphatic carbocycles. The van der Waals surface area contributed by atoms with Crippen molar-refractivity contribution < 1.29 is 0 Å². The second kappa shape index (κ2) is 6.44. The lowest BCUT2D eigenvalue weighted by atomic mass is 10.3. The Morgan fingerprint density at radius 1 is 0.895 bits per heavy atom. The maximum Gasteiger partial charge on any atom is 0.0861 e. The minimum absolute atomic E-state index is 0.431. The monoisotopic (exact) mass is 352 g/mol. The Morgan fingerprint density at radius 3 is 1.89 bits per heavy atom. The van der Waals surface area contributed by atoms with Gasteiger partial charge in [0.05, 0.1) is 25.8 Å². The quantitative estimate of drug-likeness (QED) is 0.546. The van der Waals surface area contributed by atoms with Crippen molar-refractivity contribution in [2.24, 2.45) is 5.84 Å². The number of anilines is 1. The van der Waals surface area contributed by atoms with Crippen molar-refractivity contribution in [3.05, 3.63) is 50.4 Å². The summed E-state index contributed by atoms with van der Waals surface area (Å²) in [6.45, 7) is 0. The molecule has 2 aromatic carbocycles. The van der Waals surface area contributed by atoms with E-state index in [-0.39, 0.29) is 0 Å². The van der Waals surface area contributed by atoms with Gasteiger partial charge in [0, 0.05) is 9.79 Å². The number of hydrogen-bond donors (Lipinski definition) is 2. The number of benzene rings is 2. The van der Waals surface area contributed by atoms with E-state index in [4.69, 9.17) is 52.2 Å². The molecule has 0 saturated heterocycles. The molecule has 2 nitrogen and oxygen atoms in total. The molecule has 0 atom stereocenters. The molecule has 0 saturated carbocycles. The van der Waals surface area contributed by atoms with Gasteiger partial charge in [-0.05, 0) is 24.3 Å². The van der Waals surface area contributed by atoms with Crippen LogP contribution in [0.1, 0.15) is 0 Å². The zero-order valence-electron chi connectivity index (χ0n) is 9.38. The highest BCUT2D eigenvalue weighted by Gasteiger charge is 2.11. The average molecular weight is 354 g/mol. The molecular formula is C12H8Cl4N2S. The number of hydrogen-bond acceptors (Lipinski definition) is 3. The maximum absolute atomic E-state index is 6.11. The fourth-order valence-corrected chi connectivity index (χ4v) is 3.72. The lowest BCUT2D eigenvalue weighted by molar-refractivity contribution is 1.32. The van der Waals surface area contributed by atoms with Gasteiger partial charge in [-0.15, -0.1) is 0 Å². The molecule has 2 rings (SSSR count). The van der Waals surface area contributed by atoms with E-state index in [0.29, 0.717) is 25.8 Å². The largest absolute Gasteiger partial charge is 0.321 e. The topological polar surface area (TPSA) is 38.0 Å². The number of nitrogens with one attached hydrogen (secondary N) is 1. The Hall–Kier alpha value is -0.290. The molecule has 7 heteroatoms. The Labute approximate surface area is 135 Å². The molecule has 3 N–H and O–H groups in total. The van der Waals surface area contributed by atoms with Gasteiger partial charge in [-0.3, -0.25) is 5.84 Å². The normalized spacial score (nSPS) is 10.6. The SMILES string of the molecule is NNc1c(Cl)cc(Sc2c(Cl)cccc2Cl)cc1Cl. The molecule has 0 heterocycles. The van der Waals surface area contributed by atoms with Crippen LogP contribution in [0.3, 0.4) is 0 Å². The highest BCUT2D eigenvalue weighted by Crippen LogP contribution is 2.42. The molecule has 0 aliphatic heterocycles. The summed E-state index contributed by atoms with van der Waals surface area (Å²) in [6.07, 6.45) is 0. The van der Waals surface area contributed by atoms with Crippen LogP contribution in [-0.4, -0.2) is 0 Å². The number of rotatable bonds is 3. The van der Waals surface area contributed by atoms with Crippen molar-refractivity contribution in [3.63, 3.8) is 0 Å². The smallest absolute Gasteiger partial charge is 0.0861 e. The van der Waals surface area contributed by atoms with E-state index in [2.05, 4.69) is 5.43 Å². The van der Waals surface area contributed by atoms with Crippen molar-refractivity contribution >= 4 is 63.9 Å². The highest BCUT2D eigenvalue weighted by molar-refractivity contribution is 7.99. The van der Waals surface area contributed by atoms with E-state index in [1.807, 2.05) is 0 Å². The van der Waals surface area contributed by atoms with Gasteiger partial charge in [-0.2, -0.15) is 0 Å². The van der Waals surface area contributed by atoms with Crippen molar-refractivity contribution in [2.75, 3.05) is 5.43 Å². The van der Waals surface area contributed by atoms with Crippen LogP contribution in [0.5, 0.6) is 0 Å². The first kappa shape index (κ1) is 15.1. The third-order valence-electron chi connectivity index (χ3n) is 2.30. The minimum atomic E-state index is 0.431. The maximum atomic E-state index is 6.11. The zero-order valence-corrected chi connectivity index (χ0v) is 13.2. The number of nitrogens with two attached hydrogens (primary N) is 1. The van der Waals surface area contributed by atoms with E-state index < -0.39 is 0 Å². The summed E-state index contributed by atoms with van der Waals surface area (Å²) in [6, 6.07) is 8.82. The van der Waals surface area contributed by atoms with Crippen molar-refractivity contribution in [1.29, 1.82) is 0 Å². The summed E-state index contributed by atoms with van der Waals surface area (Å²) in [7, 11) is 0. The van der Waals surface area contributed by atoms with Crippen LogP contribution < -0.4 is 11.3 Å². The summed E-state index contributed by atoms with van der Waals surface area (Å²) < 4.78 is 0. The summed E-state index contributed by atoms with van der Waals surface area (Å²) in [4.78, 5) is 1.58. The standard InChI is InChI=1S/C12H8Cl4N2S/c13-7-2-1-3-8(14)12(7)19-6-4-9(15)11(18-17)10(16)5-6/h1-5,18H,17H2. The molecule has 0 bridgehead atoms. The van der Waals surface area contributed by atoms with Gasteiger partial charge in [0.25, 0.3) is 0 Å². The van der Waals surface area contributed by atoms with Crippen molar-refractivity contribution in [1.82, 2.24) is 0 Å². The molecule has 0 fully saturated rings. The van der Waals surface area contributed by atoms with Crippen molar-refractivity contribution in [3.8, 4) is 0 Å². The van der Waals surface area contributed by atoms with Gasteiger partial charge in [-0.1, -0.05) is 64.2 Å². The van der Waals surface area contributed by atoms with Gasteiger partial charge in [0.2, 0.25) is 0 Å². The molecule has 0 amide bonds. The van der Waals surface area contributed by atoms with Gasteiger partial charge < -0.3 is 5.43 Å². The predicted molar refractivity (Wildman–Crippen MR) is 84.9 cm³/mol. The predicted octanol–water partition coefficient (Wildman–Crippen LogP) is 5.74. The highest BCUT2D eigenvalue weighted by atomic mass is 35.5. The van der Waals surface area contributed by atoms with Gasteiger partial charge in [0.15, 0.2) is 0 Å². The Bertz CT molecular complexity index is 575. The van der Waals surface area contributed by atoms with Crippen LogP contribution in [0.4, 0.5) is 5.69 Å². The third kappa shape index (κ3) is 3.43. The lowest BCUT2D eigenvalue weighted by Gasteiger charge is -2.10. The van der Waals surface area contributed by atoms with E-state index in [1.54, 1.807) is 30.3 Å². The molecule has 0 radical (unpaired) electrons. The first-order valence-corrected chi connectivity index (χ1v) is 7.43. The molecule has 0 unspecified atom stereocenters. The first-order chi connectivity index (χ1) is 9.02. The molecule has 2 aromatic rings. The number of nitrogen functional groups attached to an aromatic ring is 1. The van der Waals surface area contributed by atoms with Crippen LogP contribution in [0.2, 0.25) is 20.1 Å². The molecule has 0 spiro atoms.